The Morgan fingerprint density at radius 3 is 2.33 bits per heavy atom. The van der Waals surface area contributed by atoms with Crippen LogP contribution in [0.25, 0.3) is 0 Å². The quantitative estimate of drug-likeness (QED) is 0.853. The minimum absolute atomic E-state index is 0.00146. The van der Waals surface area contributed by atoms with Crippen LogP contribution in [-0.2, 0) is 9.59 Å². The minimum Gasteiger partial charge on any atom is -0.394 e. The fourth-order valence-corrected chi connectivity index (χ4v) is 3.43. The molecule has 0 saturated carbocycles. The maximum Gasteiger partial charge on any atom is 0.226 e. The molecule has 0 aliphatic carbocycles. The Labute approximate surface area is 127 Å². The van der Waals surface area contributed by atoms with Gasteiger partial charge in [0.05, 0.1) is 12.6 Å². The van der Waals surface area contributed by atoms with Gasteiger partial charge in [0.25, 0.3) is 0 Å². The molecule has 1 N–H and O–H groups in total. The molecule has 2 rings (SSSR count). The van der Waals surface area contributed by atoms with E-state index in [0.717, 1.165) is 38.6 Å². The van der Waals surface area contributed by atoms with Gasteiger partial charge in [0.1, 0.15) is 0 Å². The highest BCUT2D eigenvalue weighted by atomic mass is 16.3. The van der Waals surface area contributed by atoms with E-state index in [1.807, 2.05) is 23.6 Å². The van der Waals surface area contributed by atoms with E-state index in [1.54, 1.807) is 0 Å². The Balaban J connectivity index is 1.89. The van der Waals surface area contributed by atoms with E-state index in [1.165, 1.54) is 0 Å². The zero-order valence-electron chi connectivity index (χ0n) is 13.3. The van der Waals surface area contributed by atoms with E-state index in [9.17, 15) is 14.7 Å². The summed E-state index contributed by atoms with van der Waals surface area (Å²) in [6.07, 6.45) is 4.55. The Morgan fingerprint density at radius 2 is 1.76 bits per heavy atom. The smallest absolute Gasteiger partial charge is 0.226 e. The Bertz CT molecular complexity index is 376. The van der Waals surface area contributed by atoms with Gasteiger partial charge >= 0.3 is 0 Å². The number of amides is 2. The van der Waals surface area contributed by atoms with Crippen molar-refractivity contribution in [2.45, 2.75) is 52.0 Å². The van der Waals surface area contributed by atoms with E-state index in [4.69, 9.17) is 0 Å². The maximum atomic E-state index is 12.6. The first-order chi connectivity index (χ1) is 10.0. The van der Waals surface area contributed by atoms with Crippen molar-refractivity contribution >= 4 is 11.8 Å². The third-order valence-corrected chi connectivity index (χ3v) is 4.77. The number of piperidine rings is 2. The molecule has 0 bridgehead atoms. The van der Waals surface area contributed by atoms with Gasteiger partial charge in [0, 0.05) is 31.5 Å². The van der Waals surface area contributed by atoms with Crippen LogP contribution in [-0.4, -0.2) is 59.0 Å². The maximum absolute atomic E-state index is 12.6. The zero-order valence-corrected chi connectivity index (χ0v) is 13.3. The predicted molar refractivity (Wildman–Crippen MR) is 80.6 cm³/mol. The second-order valence-electron chi connectivity index (χ2n) is 6.62. The molecule has 5 heteroatoms. The van der Waals surface area contributed by atoms with Crippen LogP contribution >= 0.6 is 0 Å². The number of rotatable bonds is 3. The number of carbonyl (C=O) groups is 2. The van der Waals surface area contributed by atoms with Crippen LogP contribution in [0.5, 0.6) is 0 Å². The van der Waals surface area contributed by atoms with E-state index in [-0.39, 0.29) is 36.3 Å². The summed E-state index contributed by atoms with van der Waals surface area (Å²) in [6, 6.07) is 0.00146. The van der Waals surface area contributed by atoms with Crippen LogP contribution in [0.2, 0.25) is 0 Å². The topological polar surface area (TPSA) is 60.9 Å². The Morgan fingerprint density at radius 1 is 1.10 bits per heavy atom. The van der Waals surface area contributed by atoms with Gasteiger partial charge in [0.2, 0.25) is 11.8 Å². The fourth-order valence-electron chi connectivity index (χ4n) is 3.43. The lowest BCUT2D eigenvalue weighted by Crippen LogP contribution is -2.50. The van der Waals surface area contributed by atoms with Gasteiger partial charge in [-0.2, -0.15) is 0 Å². The number of aliphatic hydroxyl groups is 1. The van der Waals surface area contributed by atoms with Crippen LogP contribution < -0.4 is 0 Å². The highest BCUT2D eigenvalue weighted by molar-refractivity contribution is 5.81. The second kappa shape index (κ2) is 7.25. The lowest BCUT2D eigenvalue weighted by Gasteiger charge is -2.39. The highest BCUT2D eigenvalue weighted by Gasteiger charge is 2.34. The minimum atomic E-state index is 0.00146. The summed E-state index contributed by atoms with van der Waals surface area (Å²) in [5.41, 5.74) is 0. The molecular weight excluding hydrogens is 268 g/mol. The molecule has 2 aliphatic rings. The average molecular weight is 296 g/mol. The monoisotopic (exact) mass is 296 g/mol. The molecule has 2 aliphatic heterocycles. The SMILES string of the molecule is CC(C)C(=O)N1CCC(C(=O)N2CCCCC2CO)CC1. The number of hydrogen-bond donors (Lipinski definition) is 1. The summed E-state index contributed by atoms with van der Waals surface area (Å²) in [4.78, 5) is 28.4. The number of nitrogens with zero attached hydrogens (tertiary/aromatic N) is 2. The first-order valence-electron chi connectivity index (χ1n) is 8.24. The lowest BCUT2D eigenvalue weighted by molar-refractivity contribution is -0.145. The molecule has 0 aromatic carbocycles. The molecule has 0 spiro atoms. The lowest BCUT2D eigenvalue weighted by atomic mass is 9.92. The number of aliphatic hydroxyl groups excluding tert-OH is 1. The summed E-state index contributed by atoms with van der Waals surface area (Å²) in [5.74, 6) is 0.420. The Kier molecular flexibility index (Phi) is 5.62. The molecule has 2 amide bonds. The summed E-state index contributed by atoms with van der Waals surface area (Å²) >= 11 is 0. The van der Waals surface area contributed by atoms with Crippen molar-refractivity contribution < 1.29 is 14.7 Å². The summed E-state index contributed by atoms with van der Waals surface area (Å²) in [7, 11) is 0. The normalized spacial score (nSPS) is 24.5. The third kappa shape index (κ3) is 3.76. The van der Waals surface area contributed by atoms with Gasteiger partial charge in [-0.15, -0.1) is 0 Å². The Hall–Kier alpha value is -1.10. The molecule has 2 heterocycles. The molecule has 21 heavy (non-hydrogen) atoms. The first kappa shape index (κ1) is 16.3. The van der Waals surface area contributed by atoms with Gasteiger partial charge in [-0.1, -0.05) is 13.8 Å². The van der Waals surface area contributed by atoms with Crippen molar-refractivity contribution in [3.8, 4) is 0 Å². The van der Waals surface area contributed by atoms with Gasteiger partial charge in [0.15, 0.2) is 0 Å². The molecule has 2 saturated heterocycles. The van der Waals surface area contributed by atoms with E-state index < -0.39 is 0 Å². The van der Waals surface area contributed by atoms with Crippen molar-refractivity contribution in [3.63, 3.8) is 0 Å². The second-order valence-corrected chi connectivity index (χ2v) is 6.62. The molecule has 1 atom stereocenters. The van der Waals surface area contributed by atoms with Crippen LogP contribution in [0.1, 0.15) is 46.0 Å². The molecule has 0 aromatic heterocycles. The average Bonchev–Trinajstić information content (AvgIpc) is 2.53. The first-order valence-corrected chi connectivity index (χ1v) is 8.24. The number of hydrogen-bond acceptors (Lipinski definition) is 3. The molecule has 0 aromatic rings. The zero-order chi connectivity index (χ0) is 15.4. The number of likely N-dealkylation sites (tertiary alicyclic amines) is 2. The van der Waals surface area contributed by atoms with E-state index in [2.05, 4.69) is 0 Å². The highest BCUT2D eigenvalue weighted by Crippen LogP contribution is 2.25. The third-order valence-electron chi connectivity index (χ3n) is 4.77. The summed E-state index contributed by atoms with van der Waals surface area (Å²) in [5, 5.41) is 9.44. The summed E-state index contributed by atoms with van der Waals surface area (Å²) in [6.45, 7) is 6.04. The van der Waals surface area contributed by atoms with E-state index >= 15 is 0 Å². The van der Waals surface area contributed by atoms with Crippen molar-refractivity contribution in [2.24, 2.45) is 11.8 Å². The molecular formula is C16H28N2O3. The summed E-state index contributed by atoms with van der Waals surface area (Å²) < 4.78 is 0. The standard InChI is InChI=1S/C16H28N2O3/c1-12(2)15(20)17-9-6-13(7-10-17)16(21)18-8-4-3-5-14(18)11-19/h12-14,19H,3-11H2,1-2H3. The molecule has 2 fully saturated rings. The van der Waals surface area contributed by atoms with Gasteiger partial charge < -0.3 is 14.9 Å². The molecule has 120 valence electrons. The van der Waals surface area contributed by atoms with Crippen LogP contribution in [0.3, 0.4) is 0 Å². The van der Waals surface area contributed by atoms with Gasteiger partial charge in [-0.25, -0.2) is 0 Å². The molecule has 1 unspecified atom stereocenters. The van der Waals surface area contributed by atoms with Crippen molar-refractivity contribution in [1.29, 1.82) is 0 Å². The van der Waals surface area contributed by atoms with Crippen molar-refractivity contribution in [3.05, 3.63) is 0 Å². The van der Waals surface area contributed by atoms with Crippen LogP contribution in [0.15, 0.2) is 0 Å². The van der Waals surface area contributed by atoms with Crippen LogP contribution in [0, 0.1) is 11.8 Å². The molecule has 5 nitrogen and oxygen atoms in total. The number of carbonyl (C=O) groups excluding carboxylic acids is 2. The van der Waals surface area contributed by atoms with Gasteiger partial charge in [-0.05, 0) is 32.1 Å². The van der Waals surface area contributed by atoms with Crippen LogP contribution in [0.4, 0.5) is 0 Å². The van der Waals surface area contributed by atoms with E-state index in [0.29, 0.717) is 13.1 Å². The fraction of sp³-hybridized carbons (Fsp3) is 0.875. The van der Waals surface area contributed by atoms with Crippen molar-refractivity contribution in [2.75, 3.05) is 26.2 Å². The van der Waals surface area contributed by atoms with Gasteiger partial charge in [-0.3, -0.25) is 9.59 Å². The van der Waals surface area contributed by atoms with Crippen molar-refractivity contribution in [1.82, 2.24) is 9.80 Å². The predicted octanol–water partition coefficient (Wildman–Crippen LogP) is 1.25. The molecule has 0 radical (unpaired) electrons. The largest absolute Gasteiger partial charge is 0.394 e.